The Hall–Kier alpha value is -1.27. The van der Waals surface area contributed by atoms with Crippen LogP contribution < -0.4 is 15.4 Å². The van der Waals surface area contributed by atoms with Crippen LogP contribution in [0.5, 0.6) is 5.75 Å². The van der Waals surface area contributed by atoms with Gasteiger partial charge in [-0.1, -0.05) is 15.9 Å². The van der Waals surface area contributed by atoms with Crippen LogP contribution in [0.25, 0.3) is 0 Å². The highest BCUT2D eigenvalue weighted by Gasteiger charge is 2.23. The molecule has 1 unspecified atom stereocenters. The summed E-state index contributed by atoms with van der Waals surface area (Å²) in [5, 5.41) is 14.6. The van der Waals surface area contributed by atoms with E-state index in [9.17, 15) is 4.79 Å². The molecule has 1 aromatic carbocycles. The normalized spacial score (nSPS) is 18.6. The third-order valence-electron chi connectivity index (χ3n) is 3.26. The molecule has 110 valence electrons. The number of fused-ring (bicyclic) bond motifs is 1. The van der Waals surface area contributed by atoms with Crippen LogP contribution in [0.15, 0.2) is 22.7 Å². The monoisotopic (exact) mass is 342 g/mol. The van der Waals surface area contributed by atoms with Crippen molar-refractivity contribution in [1.29, 1.82) is 0 Å². The van der Waals surface area contributed by atoms with Crippen LogP contribution in [0.2, 0.25) is 0 Å². The molecule has 0 fully saturated rings. The van der Waals surface area contributed by atoms with Gasteiger partial charge in [-0.25, -0.2) is 4.79 Å². The number of aliphatic hydroxyl groups is 1. The lowest BCUT2D eigenvalue weighted by molar-refractivity contribution is 0.217. The Balaban J connectivity index is 2.01. The molecule has 0 aliphatic carbocycles. The summed E-state index contributed by atoms with van der Waals surface area (Å²) in [6.45, 7) is 2.52. The van der Waals surface area contributed by atoms with Gasteiger partial charge < -0.3 is 20.5 Å². The zero-order chi connectivity index (χ0) is 14.5. The van der Waals surface area contributed by atoms with Crippen molar-refractivity contribution in [2.75, 3.05) is 13.2 Å². The van der Waals surface area contributed by atoms with Crippen LogP contribution in [0.4, 0.5) is 4.79 Å². The summed E-state index contributed by atoms with van der Waals surface area (Å²) >= 11 is 3.43. The highest BCUT2D eigenvalue weighted by molar-refractivity contribution is 9.10. The number of amides is 2. The van der Waals surface area contributed by atoms with Crippen molar-refractivity contribution in [2.24, 2.45) is 0 Å². The highest BCUT2D eigenvalue weighted by atomic mass is 79.9. The predicted molar refractivity (Wildman–Crippen MR) is 79.8 cm³/mol. The lowest BCUT2D eigenvalue weighted by Crippen LogP contribution is -2.43. The summed E-state index contributed by atoms with van der Waals surface area (Å²) in [5.74, 6) is 0.813. The van der Waals surface area contributed by atoms with Gasteiger partial charge in [0.15, 0.2) is 0 Å². The van der Waals surface area contributed by atoms with Crippen LogP contribution in [-0.4, -0.2) is 30.4 Å². The Morgan fingerprint density at radius 1 is 1.60 bits per heavy atom. The van der Waals surface area contributed by atoms with E-state index in [1.54, 1.807) is 0 Å². The van der Waals surface area contributed by atoms with Crippen LogP contribution in [0.3, 0.4) is 0 Å². The average molecular weight is 343 g/mol. The summed E-state index contributed by atoms with van der Waals surface area (Å²) in [6.07, 6.45) is 1.29. The number of carbonyl (C=O) groups is 1. The van der Waals surface area contributed by atoms with Crippen LogP contribution in [-0.2, 0) is 0 Å². The maximum atomic E-state index is 11.9. The van der Waals surface area contributed by atoms with E-state index < -0.39 is 0 Å². The first-order chi connectivity index (χ1) is 9.60. The molecule has 0 saturated heterocycles. The molecule has 20 heavy (non-hydrogen) atoms. The predicted octanol–water partition coefficient (Wildman–Crippen LogP) is 2.34. The lowest BCUT2D eigenvalue weighted by atomic mass is 10.0. The summed E-state index contributed by atoms with van der Waals surface area (Å²) in [5.41, 5.74) is 0.982. The van der Waals surface area contributed by atoms with E-state index in [0.717, 1.165) is 22.2 Å². The number of carbonyl (C=O) groups excluding carboxylic acids is 1. The van der Waals surface area contributed by atoms with Gasteiger partial charge in [-0.2, -0.15) is 0 Å². The number of ether oxygens (including phenoxy) is 1. The number of urea groups is 1. The van der Waals surface area contributed by atoms with Gasteiger partial charge >= 0.3 is 6.03 Å². The second-order valence-corrected chi connectivity index (χ2v) is 5.82. The number of halogens is 1. The first-order valence-electron chi connectivity index (χ1n) is 6.70. The number of aliphatic hydroxyl groups excluding tert-OH is 1. The zero-order valence-corrected chi connectivity index (χ0v) is 12.9. The quantitative estimate of drug-likeness (QED) is 0.786. The van der Waals surface area contributed by atoms with E-state index in [0.29, 0.717) is 13.0 Å². The molecule has 1 aliphatic heterocycles. The number of hydrogen-bond donors (Lipinski definition) is 3. The molecule has 1 heterocycles. The third-order valence-corrected chi connectivity index (χ3v) is 3.75. The van der Waals surface area contributed by atoms with Crippen molar-refractivity contribution >= 4 is 22.0 Å². The zero-order valence-electron chi connectivity index (χ0n) is 11.4. The van der Waals surface area contributed by atoms with Crippen molar-refractivity contribution in [2.45, 2.75) is 31.8 Å². The Kier molecular flexibility index (Phi) is 5.25. The smallest absolute Gasteiger partial charge is 0.315 e. The van der Waals surface area contributed by atoms with Gasteiger partial charge in [-0.3, -0.25) is 0 Å². The van der Waals surface area contributed by atoms with Gasteiger partial charge in [0, 0.05) is 29.1 Å². The Labute approximate surface area is 126 Å². The maximum Gasteiger partial charge on any atom is 0.315 e. The molecule has 5 nitrogen and oxygen atoms in total. The molecule has 1 aliphatic rings. The number of benzene rings is 1. The molecule has 1 aromatic rings. The Morgan fingerprint density at radius 2 is 2.40 bits per heavy atom. The van der Waals surface area contributed by atoms with Crippen molar-refractivity contribution < 1.29 is 14.6 Å². The molecule has 3 N–H and O–H groups in total. The van der Waals surface area contributed by atoms with E-state index >= 15 is 0 Å². The maximum absolute atomic E-state index is 11.9. The summed E-state index contributed by atoms with van der Waals surface area (Å²) < 4.78 is 6.55. The van der Waals surface area contributed by atoms with Gasteiger partial charge in [0.25, 0.3) is 0 Å². The first-order valence-corrected chi connectivity index (χ1v) is 7.49. The standard InChI is InChI=1S/C14H19BrN2O3/c1-9(4-6-18)16-14(19)17-12-5-7-20-13-3-2-10(15)8-11(12)13/h2-3,8-9,12,18H,4-7H2,1H3,(H2,16,17,19)/t9-,12?/m1/s1. The summed E-state index contributed by atoms with van der Waals surface area (Å²) in [4.78, 5) is 11.9. The fraction of sp³-hybridized carbons (Fsp3) is 0.500. The van der Waals surface area contributed by atoms with E-state index in [1.165, 1.54) is 0 Å². The fourth-order valence-electron chi connectivity index (χ4n) is 2.20. The Bertz CT molecular complexity index is 481. The van der Waals surface area contributed by atoms with E-state index in [4.69, 9.17) is 9.84 Å². The molecule has 0 aromatic heterocycles. The van der Waals surface area contributed by atoms with Crippen molar-refractivity contribution in [1.82, 2.24) is 10.6 Å². The van der Waals surface area contributed by atoms with Gasteiger partial charge in [-0.15, -0.1) is 0 Å². The van der Waals surface area contributed by atoms with Crippen LogP contribution >= 0.6 is 15.9 Å². The second-order valence-electron chi connectivity index (χ2n) is 4.90. The van der Waals surface area contributed by atoms with Gasteiger partial charge in [0.2, 0.25) is 0 Å². The number of rotatable bonds is 4. The van der Waals surface area contributed by atoms with E-state index in [1.807, 2.05) is 25.1 Å². The lowest BCUT2D eigenvalue weighted by Gasteiger charge is -2.27. The van der Waals surface area contributed by atoms with Gasteiger partial charge in [0.1, 0.15) is 5.75 Å². The van der Waals surface area contributed by atoms with Gasteiger partial charge in [0.05, 0.1) is 12.6 Å². The van der Waals surface area contributed by atoms with Gasteiger partial charge in [-0.05, 0) is 31.5 Å². The first kappa shape index (κ1) is 15.1. The highest BCUT2D eigenvalue weighted by Crippen LogP contribution is 2.33. The second kappa shape index (κ2) is 6.95. The third kappa shape index (κ3) is 3.86. The molecule has 2 atom stereocenters. The molecular formula is C14H19BrN2O3. The van der Waals surface area contributed by atoms with E-state index in [2.05, 4.69) is 26.6 Å². The fourth-order valence-corrected chi connectivity index (χ4v) is 2.58. The molecule has 0 radical (unpaired) electrons. The number of hydrogen-bond acceptors (Lipinski definition) is 3. The van der Waals surface area contributed by atoms with Crippen LogP contribution in [0, 0.1) is 0 Å². The molecule has 2 rings (SSSR count). The largest absolute Gasteiger partial charge is 0.493 e. The van der Waals surface area contributed by atoms with Crippen molar-refractivity contribution in [3.05, 3.63) is 28.2 Å². The van der Waals surface area contributed by atoms with Crippen molar-refractivity contribution in [3.63, 3.8) is 0 Å². The van der Waals surface area contributed by atoms with Crippen LogP contribution in [0.1, 0.15) is 31.4 Å². The topological polar surface area (TPSA) is 70.6 Å². The number of nitrogens with one attached hydrogen (secondary N) is 2. The average Bonchev–Trinajstić information content (AvgIpc) is 2.39. The minimum Gasteiger partial charge on any atom is -0.493 e. The Morgan fingerprint density at radius 3 is 3.15 bits per heavy atom. The molecule has 6 heteroatoms. The minimum atomic E-state index is -0.219. The van der Waals surface area contributed by atoms with E-state index in [-0.39, 0.29) is 24.7 Å². The molecular weight excluding hydrogens is 324 g/mol. The SMILES string of the molecule is C[C@H](CCO)NC(=O)NC1CCOc2ccc(Br)cc21. The summed E-state index contributed by atoms with van der Waals surface area (Å²) in [6, 6.07) is 5.46. The summed E-state index contributed by atoms with van der Waals surface area (Å²) in [7, 11) is 0. The minimum absolute atomic E-state index is 0.0539. The molecule has 0 spiro atoms. The molecule has 0 saturated carbocycles. The molecule has 0 bridgehead atoms. The van der Waals surface area contributed by atoms with Crippen molar-refractivity contribution in [3.8, 4) is 5.75 Å². The molecule has 2 amide bonds.